The summed E-state index contributed by atoms with van der Waals surface area (Å²) in [4.78, 5) is 12.7. The van der Waals surface area contributed by atoms with E-state index >= 15 is 0 Å². The molecule has 2 aromatic rings. The van der Waals surface area contributed by atoms with Crippen molar-refractivity contribution >= 4 is 11.6 Å². The number of hydrazine groups is 1. The van der Waals surface area contributed by atoms with E-state index < -0.39 is 0 Å². The number of para-hydroxylation sites is 3. The molecule has 2 atom stereocenters. The Bertz CT molecular complexity index is 736. The minimum Gasteiger partial charge on any atom is -0.490 e. The molecule has 2 unspecified atom stereocenters. The first-order chi connectivity index (χ1) is 13.1. The lowest BCUT2D eigenvalue weighted by Gasteiger charge is -2.22. The maximum absolute atomic E-state index is 12.7. The molecule has 1 aliphatic rings. The highest BCUT2D eigenvalue weighted by molar-refractivity contribution is 5.94. The van der Waals surface area contributed by atoms with Gasteiger partial charge in [0.05, 0.1) is 11.6 Å². The summed E-state index contributed by atoms with van der Waals surface area (Å²) in [5.41, 5.74) is 6.95. The standard InChI is InChI=1S/C21H27N3O3/c1-15(2)20-17(14-22-24-20)21(25)23-18-10-6-7-11-19(18)27-13-12-26-16-8-4-3-5-9-16/h3-11,15,17,20,22,24H,12-14H2,1-2H3,(H,23,25). The monoisotopic (exact) mass is 369 g/mol. The van der Waals surface area contributed by atoms with Gasteiger partial charge in [-0.3, -0.25) is 15.6 Å². The Balaban J connectivity index is 1.55. The molecule has 1 amide bonds. The van der Waals surface area contributed by atoms with Crippen molar-refractivity contribution in [1.82, 2.24) is 10.9 Å². The Labute approximate surface area is 160 Å². The molecule has 1 heterocycles. The third-order valence-electron chi connectivity index (χ3n) is 4.58. The fourth-order valence-electron chi connectivity index (χ4n) is 3.15. The molecular formula is C21H27N3O3. The SMILES string of the molecule is CC(C)C1NNCC1C(=O)Nc1ccccc1OCCOc1ccccc1. The van der Waals surface area contributed by atoms with E-state index in [1.165, 1.54) is 0 Å². The average Bonchev–Trinajstić information content (AvgIpc) is 3.18. The average molecular weight is 369 g/mol. The predicted molar refractivity (Wildman–Crippen MR) is 106 cm³/mol. The van der Waals surface area contributed by atoms with Crippen molar-refractivity contribution in [1.29, 1.82) is 0 Å². The van der Waals surface area contributed by atoms with Crippen LogP contribution in [0.5, 0.6) is 11.5 Å². The Hall–Kier alpha value is -2.57. The maximum atomic E-state index is 12.7. The van der Waals surface area contributed by atoms with E-state index in [1.54, 1.807) is 0 Å². The second-order valence-corrected chi connectivity index (χ2v) is 6.90. The van der Waals surface area contributed by atoms with Crippen LogP contribution in [0.4, 0.5) is 5.69 Å². The molecule has 3 N–H and O–H groups in total. The lowest BCUT2D eigenvalue weighted by Crippen LogP contribution is -2.40. The molecule has 6 heteroatoms. The van der Waals surface area contributed by atoms with Crippen molar-refractivity contribution in [3.05, 3.63) is 54.6 Å². The van der Waals surface area contributed by atoms with Crippen molar-refractivity contribution in [2.75, 3.05) is 25.1 Å². The number of carbonyl (C=O) groups excluding carboxylic acids is 1. The Morgan fingerprint density at radius 1 is 1.07 bits per heavy atom. The molecule has 3 rings (SSSR count). The molecule has 2 aromatic carbocycles. The minimum absolute atomic E-state index is 0.0113. The normalized spacial score (nSPS) is 19.1. The van der Waals surface area contributed by atoms with Crippen molar-refractivity contribution in [3.8, 4) is 11.5 Å². The zero-order valence-electron chi connectivity index (χ0n) is 15.8. The van der Waals surface area contributed by atoms with Gasteiger partial charge in [-0.15, -0.1) is 0 Å². The summed E-state index contributed by atoms with van der Waals surface area (Å²) < 4.78 is 11.5. The van der Waals surface area contributed by atoms with Crippen molar-refractivity contribution in [2.45, 2.75) is 19.9 Å². The molecule has 144 valence electrons. The number of benzene rings is 2. The first kappa shape index (κ1) is 19.2. The van der Waals surface area contributed by atoms with E-state index in [0.717, 1.165) is 5.75 Å². The van der Waals surface area contributed by atoms with Gasteiger partial charge < -0.3 is 14.8 Å². The Morgan fingerprint density at radius 2 is 1.78 bits per heavy atom. The number of hydrogen-bond donors (Lipinski definition) is 3. The number of hydrogen-bond acceptors (Lipinski definition) is 5. The van der Waals surface area contributed by atoms with Crippen molar-refractivity contribution < 1.29 is 14.3 Å². The van der Waals surface area contributed by atoms with Gasteiger partial charge in [0.2, 0.25) is 5.91 Å². The fourth-order valence-corrected chi connectivity index (χ4v) is 3.15. The van der Waals surface area contributed by atoms with E-state index in [1.807, 2.05) is 54.6 Å². The van der Waals surface area contributed by atoms with Gasteiger partial charge in [-0.2, -0.15) is 0 Å². The lowest BCUT2D eigenvalue weighted by molar-refractivity contribution is -0.120. The second-order valence-electron chi connectivity index (χ2n) is 6.90. The highest BCUT2D eigenvalue weighted by Crippen LogP contribution is 2.26. The smallest absolute Gasteiger partial charge is 0.230 e. The molecular weight excluding hydrogens is 342 g/mol. The van der Waals surface area contributed by atoms with Crippen LogP contribution in [-0.2, 0) is 4.79 Å². The van der Waals surface area contributed by atoms with E-state index in [2.05, 4.69) is 30.0 Å². The third-order valence-corrected chi connectivity index (χ3v) is 4.58. The third kappa shape index (κ3) is 5.21. The quantitative estimate of drug-likeness (QED) is 0.624. The van der Waals surface area contributed by atoms with Crippen LogP contribution in [0.25, 0.3) is 0 Å². The van der Waals surface area contributed by atoms with Crippen LogP contribution in [0.1, 0.15) is 13.8 Å². The Morgan fingerprint density at radius 3 is 2.56 bits per heavy atom. The van der Waals surface area contributed by atoms with Gasteiger partial charge in [0.1, 0.15) is 24.7 Å². The molecule has 0 bridgehead atoms. The summed E-state index contributed by atoms with van der Waals surface area (Å²) in [6.45, 7) is 5.65. The summed E-state index contributed by atoms with van der Waals surface area (Å²) in [5.74, 6) is 1.67. The zero-order valence-corrected chi connectivity index (χ0v) is 15.8. The van der Waals surface area contributed by atoms with Crippen molar-refractivity contribution in [2.24, 2.45) is 11.8 Å². The van der Waals surface area contributed by atoms with E-state index in [9.17, 15) is 4.79 Å². The van der Waals surface area contributed by atoms with Gasteiger partial charge in [0, 0.05) is 12.6 Å². The van der Waals surface area contributed by atoms with Gasteiger partial charge in [0.15, 0.2) is 0 Å². The molecule has 6 nitrogen and oxygen atoms in total. The number of anilines is 1. The summed E-state index contributed by atoms with van der Waals surface area (Å²) in [6, 6.07) is 17.2. The number of ether oxygens (including phenoxy) is 2. The molecule has 1 fully saturated rings. The number of carbonyl (C=O) groups is 1. The molecule has 27 heavy (non-hydrogen) atoms. The van der Waals surface area contributed by atoms with Gasteiger partial charge >= 0.3 is 0 Å². The van der Waals surface area contributed by atoms with Crippen molar-refractivity contribution in [3.63, 3.8) is 0 Å². The van der Waals surface area contributed by atoms with Crippen LogP contribution in [0.15, 0.2) is 54.6 Å². The van der Waals surface area contributed by atoms with Gasteiger partial charge in [0.25, 0.3) is 0 Å². The topological polar surface area (TPSA) is 71.6 Å². The number of nitrogens with one attached hydrogen (secondary N) is 3. The van der Waals surface area contributed by atoms with Gasteiger partial charge in [-0.05, 0) is 30.2 Å². The molecule has 0 aromatic heterocycles. The number of amides is 1. The van der Waals surface area contributed by atoms with E-state index in [-0.39, 0.29) is 17.9 Å². The Kier molecular flexibility index (Phi) is 6.68. The first-order valence-electron chi connectivity index (χ1n) is 9.34. The van der Waals surface area contributed by atoms with E-state index in [4.69, 9.17) is 9.47 Å². The highest BCUT2D eigenvalue weighted by Gasteiger charge is 2.34. The minimum atomic E-state index is -0.125. The van der Waals surface area contributed by atoms with Crippen LogP contribution < -0.4 is 25.6 Å². The zero-order chi connectivity index (χ0) is 19.1. The fraction of sp³-hybridized carbons (Fsp3) is 0.381. The molecule has 1 aliphatic heterocycles. The van der Waals surface area contributed by atoms with Gasteiger partial charge in [-0.1, -0.05) is 44.2 Å². The summed E-state index contributed by atoms with van der Waals surface area (Å²) in [7, 11) is 0. The van der Waals surface area contributed by atoms with Crippen LogP contribution in [-0.4, -0.2) is 31.7 Å². The predicted octanol–water partition coefficient (Wildman–Crippen LogP) is 2.83. The van der Waals surface area contributed by atoms with Crippen LogP contribution in [0.2, 0.25) is 0 Å². The van der Waals surface area contributed by atoms with E-state index in [0.29, 0.717) is 37.1 Å². The van der Waals surface area contributed by atoms with Crippen LogP contribution >= 0.6 is 0 Å². The van der Waals surface area contributed by atoms with Crippen LogP contribution in [0.3, 0.4) is 0 Å². The molecule has 0 radical (unpaired) electrons. The molecule has 1 saturated heterocycles. The molecule has 0 aliphatic carbocycles. The molecule has 0 saturated carbocycles. The summed E-state index contributed by atoms with van der Waals surface area (Å²) >= 11 is 0. The maximum Gasteiger partial charge on any atom is 0.230 e. The van der Waals surface area contributed by atoms with Crippen LogP contribution in [0, 0.1) is 11.8 Å². The second kappa shape index (κ2) is 9.39. The summed E-state index contributed by atoms with van der Waals surface area (Å²) in [5, 5.41) is 3.01. The molecule has 0 spiro atoms. The van der Waals surface area contributed by atoms with Gasteiger partial charge in [-0.25, -0.2) is 0 Å². The summed E-state index contributed by atoms with van der Waals surface area (Å²) in [6.07, 6.45) is 0. The largest absolute Gasteiger partial charge is 0.490 e. The highest BCUT2D eigenvalue weighted by atomic mass is 16.5. The number of rotatable bonds is 8. The first-order valence-corrected chi connectivity index (χ1v) is 9.34. The lowest BCUT2D eigenvalue weighted by atomic mass is 9.91.